The summed E-state index contributed by atoms with van der Waals surface area (Å²) >= 11 is 3.33. The molecule has 6 heteroatoms. The van der Waals surface area contributed by atoms with Crippen LogP contribution >= 0.6 is 15.9 Å². The molecule has 5 nitrogen and oxygen atoms in total. The summed E-state index contributed by atoms with van der Waals surface area (Å²) in [6, 6.07) is 7.19. The van der Waals surface area contributed by atoms with Gasteiger partial charge in [0.05, 0.1) is 5.56 Å². The summed E-state index contributed by atoms with van der Waals surface area (Å²) in [4.78, 5) is 26.0. The van der Waals surface area contributed by atoms with Crippen molar-refractivity contribution in [3.63, 3.8) is 0 Å². The molecule has 20 heavy (non-hydrogen) atoms. The molecule has 1 aromatic carbocycles. The van der Waals surface area contributed by atoms with Gasteiger partial charge in [-0.15, -0.1) is 0 Å². The molecule has 0 bridgehead atoms. The molecule has 0 atom stereocenters. The van der Waals surface area contributed by atoms with Gasteiger partial charge in [0, 0.05) is 15.9 Å². The Hall–Kier alpha value is -2.08. The van der Waals surface area contributed by atoms with Crippen molar-refractivity contribution >= 4 is 33.5 Å². The molecule has 0 saturated heterocycles. The van der Waals surface area contributed by atoms with Crippen molar-refractivity contribution in [2.24, 2.45) is 0 Å². The van der Waals surface area contributed by atoms with Crippen LogP contribution in [-0.2, 0) is 0 Å². The molecule has 3 N–H and O–H groups in total. The number of anilines is 1. The van der Waals surface area contributed by atoms with Crippen LogP contribution in [0.3, 0.4) is 0 Å². The first-order valence-electron chi connectivity index (χ1n) is 5.89. The third-order valence-electron chi connectivity index (χ3n) is 2.96. The smallest absolute Gasteiger partial charge is 0.352 e. The summed E-state index contributed by atoms with van der Waals surface area (Å²) in [5, 5.41) is 11.8. The predicted octanol–water partition coefficient (Wildman–Crippen LogP) is 3.34. The number of nitrogens with one attached hydrogen (secondary N) is 2. The van der Waals surface area contributed by atoms with Crippen LogP contribution in [0.25, 0.3) is 0 Å². The highest BCUT2D eigenvalue weighted by atomic mass is 79.9. The van der Waals surface area contributed by atoms with E-state index < -0.39 is 5.97 Å². The van der Waals surface area contributed by atoms with Gasteiger partial charge in [-0.3, -0.25) is 4.79 Å². The maximum atomic E-state index is 12.3. The average Bonchev–Trinajstić information content (AvgIpc) is 2.65. The third kappa shape index (κ3) is 2.75. The largest absolute Gasteiger partial charge is 0.477 e. The first-order chi connectivity index (χ1) is 9.40. The molecule has 104 valence electrons. The van der Waals surface area contributed by atoms with Gasteiger partial charge in [-0.2, -0.15) is 0 Å². The number of aromatic nitrogens is 1. The summed E-state index contributed by atoms with van der Waals surface area (Å²) in [6.45, 7) is 3.29. The molecular weight excluding hydrogens is 324 g/mol. The number of aromatic carboxylic acids is 1. The molecule has 0 unspecified atom stereocenters. The van der Waals surface area contributed by atoms with Crippen LogP contribution in [-0.4, -0.2) is 22.0 Å². The van der Waals surface area contributed by atoms with E-state index in [-0.39, 0.29) is 11.6 Å². The van der Waals surface area contributed by atoms with E-state index in [0.29, 0.717) is 22.5 Å². The minimum Gasteiger partial charge on any atom is -0.477 e. The van der Waals surface area contributed by atoms with Crippen LogP contribution in [0.5, 0.6) is 0 Å². The predicted molar refractivity (Wildman–Crippen MR) is 79.3 cm³/mol. The summed E-state index contributed by atoms with van der Waals surface area (Å²) in [7, 11) is 0. The quantitative estimate of drug-likeness (QED) is 0.803. The van der Waals surface area contributed by atoms with Gasteiger partial charge in [0.1, 0.15) is 5.69 Å². The zero-order chi connectivity index (χ0) is 14.9. The minimum absolute atomic E-state index is 0.0434. The lowest BCUT2D eigenvalue weighted by atomic mass is 10.1. The highest BCUT2D eigenvalue weighted by Crippen LogP contribution is 2.21. The molecule has 1 heterocycles. The van der Waals surface area contributed by atoms with Gasteiger partial charge in [0.2, 0.25) is 0 Å². The van der Waals surface area contributed by atoms with Gasteiger partial charge in [-0.05, 0) is 37.6 Å². The van der Waals surface area contributed by atoms with E-state index in [1.807, 2.05) is 6.07 Å². The SMILES string of the molecule is Cc1[nH]c(C(=O)O)c(C)c1C(=O)Nc1cccc(Br)c1. The number of carbonyl (C=O) groups excluding carboxylic acids is 1. The lowest BCUT2D eigenvalue weighted by Gasteiger charge is -2.06. The molecule has 0 aliphatic heterocycles. The molecule has 1 aromatic heterocycles. The van der Waals surface area contributed by atoms with Crippen LogP contribution < -0.4 is 5.32 Å². The number of carboxylic acid groups (broad SMARTS) is 1. The number of carbonyl (C=O) groups is 2. The van der Waals surface area contributed by atoms with Gasteiger partial charge in [0.25, 0.3) is 5.91 Å². The van der Waals surface area contributed by atoms with Crippen molar-refractivity contribution in [1.29, 1.82) is 0 Å². The standard InChI is InChI=1S/C14H13BrN2O3/c1-7-11(8(2)16-12(7)14(19)20)13(18)17-10-5-3-4-9(15)6-10/h3-6,16H,1-2H3,(H,17,18)(H,19,20). The molecular formula is C14H13BrN2O3. The molecule has 2 rings (SSSR count). The van der Waals surface area contributed by atoms with E-state index in [1.54, 1.807) is 32.0 Å². The van der Waals surface area contributed by atoms with E-state index in [9.17, 15) is 9.59 Å². The van der Waals surface area contributed by atoms with E-state index in [4.69, 9.17) is 5.11 Å². The highest BCUT2D eigenvalue weighted by Gasteiger charge is 2.21. The summed E-state index contributed by atoms with van der Waals surface area (Å²) in [5.41, 5.74) is 2.01. The van der Waals surface area contributed by atoms with E-state index in [0.717, 1.165) is 4.47 Å². The molecule has 0 radical (unpaired) electrons. The van der Waals surface area contributed by atoms with E-state index in [2.05, 4.69) is 26.2 Å². The third-order valence-corrected chi connectivity index (χ3v) is 3.45. The number of aromatic amines is 1. The second-order valence-corrected chi connectivity index (χ2v) is 5.31. The Morgan fingerprint density at radius 3 is 2.55 bits per heavy atom. The molecule has 0 aliphatic rings. The average molecular weight is 337 g/mol. The zero-order valence-electron chi connectivity index (χ0n) is 11.0. The van der Waals surface area contributed by atoms with Gasteiger partial charge >= 0.3 is 5.97 Å². The van der Waals surface area contributed by atoms with Crippen molar-refractivity contribution in [3.05, 3.63) is 51.3 Å². The van der Waals surface area contributed by atoms with E-state index >= 15 is 0 Å². The Morgan fingerprint density at radius 2 is 2.00 bits per heavy atom. The number of hydrogen-bond acceptors (Lipinski definition) is 2. The van der Waals surface area contributed by atoms with Crippen LogP contribution in [0.2, 0.25) is 0 Å². The number of H-pyrrole nitrogens is 1. The Labute approximate surface area is 124 Å². The normalized spacial score (nSPS) is 10.3. The maximum absolute atomic E-state index is 12.3. The number of amides is 1. The summed E-state index contributed by atoms with van der Waals surface area (Å²) in [5.74, 6) is -1.41. The fraction of sp³-hybridized carbons (Fsp3) is 0.143. The zero-order valence-corrected chi connectivity index (χ0v) is 12.5. The highest BCUT2D eigenvalue weighted by molar-refractivity contribution is 9.10. The molecule has 2 aromatic rings. The van der Waals surface area contributed by atoms with Gasteiger partial charge in [0.15, 0.2) is 0 Å². The topological polar surface area (TPSA) is 82.2 Å². The van der Waals surface area contributed by atoms with Gasteiger partial charge in [-0.25, -0.2) is 4.79 Å². The second-order valence-electron chi connectivity index (χ2n) is 4.39. The molecule has 0 fully saturated rings. The monoisotopic (exact) mass is 336 g/mol. The van der Waals surface area contributed by atoms with Crippen molar-refractivity contribution in [3.8, 4) is 0 Å². The number of benzene rings is 1. The van der Waals surface area contributed by atoms with Crippen LogP contribution in [0, 0.1) is 13.8 Å². The van der Waals surface area contributed by atoms with Crippen molar-refractivity contribution in [1.82, 2.24) is 4.98 Å². The van der Waals surface area contributed by atoms with Crippen LogP contribution in [0.15, 0.2) is 28.7 Å². The van der Waals surface area contributed by atoms with Gasteiger partial charge in [-0.1, -0.05) is 22.0 Å². The fourth-order valence-electron chi connectivity index (χ4n) is 2.06. The minimum atomic E-state index is -1.08. The molecule has 0 aliphatic carbocycles. The van der Waals surface area contributed by atoms with Crippen molar-refractivity contribution in [2.75, 3.05) is 5.32 Å². The summed E-state index contributed by atoms with van der Waals surface area (Å²) in [6.07, 6.45) is 0. The van der Waals surface area contributed by atoms with Crippen LogP contribution in [0.4, 0.5) is 5.69 Å². The fourth-order valence-corrected chi connectivity index (χ4v) is 2.46. The van der Waals surface area contributed by atoms with Crippen molar-refractivity contribution in [2.45, 2.75) is 13.8 Å². The molecule has 0 spiro atoms. The molecule has 1 amide bonds. The molecule has 0 saturated carbocycles. The van der Waals surface area contributed by atoms with Crippen LogP contribution in [0.1, 0.15) is 32.1 Å². The Kier molecular flexibility index (Phi) is 3.94. The Bertz CT molecular complexity index is 692. The van der Waals surface area contributed by atoms with Gasteiger partial charge < -0.3 is 15.4 Å². The van der Waals surface area contributed by atoms with Crippen molar-refractivity contribution < 1.29 is 14.7 Å². The second kappa shape index (κ2) is 5.50. The maximum Gasteiger partial charge on any atom is 0.352 e. The van der Waals surface area contributed by atoms with E-state index in [1.165, 1.54) is 0 Å². The number of aryl methyl sites for hydroxylation is 1. The number of halogens is 1. The number of hydrogen-bond donors (Lipinski definition) is 3. The first kappa shape index (κ1) is 14.3. The number of carboxylic acids is 1. The Balaban J connectivity index is 2.32. The lowest BCUT2D eigenvalue weighted by Crippen LogP contribution is -2.13. The lowest BCUT2D eigenvalue weighted by molar-refractivity contribution is 0.0690. The number of rotatable bonds is 3. The Morgan fingerprint density at radius 1 is 1.30 bits per heavy atom. The summed E-state index contributed by atoms with van der Waals surface area (Å²) < 4.78 is 0.851. The first-order valence-corrected chi connectivity index (χ1v) is 6.69.